The van der Waals surface area contributed by atoms with Crippen LogP contribution >= 0.6 is 11.6 Å². The Bertz CT molecular complexity index is 1160. The summed E-state index contributed by atoms with van der Waals surface area (Å²) in [5.41, 5.74) is 1.51. The van der Waals surface area contributed by atoms with Crippen molar-refractivity contribution in [2.75, 3.05) is 23.1 Å². The van der Waals surface area contributed by atoms with Crippen LogP contribution in [0.1, 0.15) is 34.7 Å². The number of carbonyl (C=O) groups is 1. The highest BCUT2D eigenvalue weighted by atomic mass is 35.5. The Hall–Kier alpha value is -2.65. The zero-order valence-corrected chi connectivity index (χ0v) is 17.4. The number of β-amino-alcohol motifs (C(OH)–C–C–N with tert-alkyl or cyclic N) is 1. The number of amides is 1. The Morgan fingerprint density at radius 1 is 1.40 bits per heavy atom. The summed E-state index contributed by atoms with van der Waals surface area (Å²) in [6.45, 7) is 0.752. The number of halogens is 1. The molecule has 10 nitrogen and oxygen atoms in total. The molecule has 4 rings (SSSR count). The molecular formula is C18H19ClN6O4S. The number of nitrogens with zero attached hydrogens (tertiary/aromatic N) is 4. The maximum Gasteiger partial charge on any atom is 0.301 e. The maximum absolute atomic E-state index is 12.9. The van der Waals surface area contributed by atoms with Gasteiger partial charge in [-0.25, -0.2) is 4.98 Å². The molecule has 30 heavy (non-hydrogen) atoms. The van der Waals surface area contributed by atoms with Crippen molar-refractivity contribution in [1.29, 1.82) is 5.26 Å². The van der Waals surface area contributed by atoms with Crippen LogP contribution < -0.4 is 10.0 Å². The van der Waals surface area contributed by atoms with Gasteiger partial charge in [0.15, 0.2) is 0 Å². The molecule has 1 atom stereocenters. The number of rotatable bonds is 5. The smallest absolute Gasteiger partial charge is 0.301 e. The Kier molecular flexibility index (Phi) is 5.42. The number of anilines is 2. The topological polar surface area (TPSA) is 140 Å². The summed E-state index contributed by atoms with van der Waals surface area (Å²) < 4.78 is 30.9. The third kappa shape index (κ3) is 3.75. The quantitative estimate of drug-likeness (QED) is 0.627. The Morgan fingerprint density at radius 3 is 2.90 bits per heavy atom. The van der Waals surface area contributed by atoms with E-state index < -0.39 is 22.2 Å². The molecule has 1 saturated heterocycles. The van der Waals surface area contributed by atoms with Crippen molar-refractivity contribution in [3.63, 3.8) is 0 Å². The molecule has 1 fully saturated rings. The average molecular weight is 451 g/mol. The lowest BCUT2D eigenvalue weighted by Crippen LogP contribution is -2.34. The van der Waals surface area contributed by atoms with Crippen LogP contribution in [0.2, 0.25) is 5.02 Å². The highest BCUT2D eigenvalue weighted by Gasteiger charge is 2.35. The van der Waals surface area contributed by atoms with Gasteiger partial charge in [0.05, 0.1) is 16.8 Å². The van der Waals surface area contributed by atoms with Gasteiger partial charge < -0.3 is 15.0 Å². The molecule has 0 aromatic carbocycles. The minimum Gasteiger partial charge on any atom is -0.392 e. The maximum atomic E-state index is 12.9. The molecule has 158 valence electrons. The standard InChI is InChI=1S/C18H19ClN6O4S/c19-15-16(23-30(28,29)24-7-4-13(26)10-24)14-2-1-6-25(14)17(15)18(27)22-11-3-5-21-12(8-11)9-20/h3,5,8,13,23,26H,1-2,4,6-7,10H2,(H,21,22,27). The van der Waals surface area contributed by atoms with Crippen molar-refractivity contribution in [3.05, 3.63) is 40.4 Å². The van der Waals surface area contributed by atoms with Gasteiger partial charge in [0.1, 0.15) is 17.5 Å². The van der Waals surface area contributed by atoms with Gasteiger partial charge in [-0.1, -0.05) is 11.6 Å². The zero-order valence-electron chi connectivity index (χ0n) is 15.8. The highest BCUT2D eigenvalue weighted by Crippen LogP contribution is 2.38. The van der Waals surface area contributed by atoms with Crippen LogP contribution in [0.15, 0.2) is 18.3 Å². The minimum absolute atomic E-state index is 0.0135. The van der Waals surface area contributed by atoms with Crippen molar-refractivity contribution in [3.8, 4) is 6.07 Å². The lowest BCUT2D eigenvalue weighted by molar-refractivity contribution is 0.101. The van der Waals surface area contributed by atoms with Crippen LogP contribution in [0, 0.1) is 11.3 Å². The predicted molar refractivity (Wildman–Crippen MR) is 109 cm³/mol. The first-order valence-corrected chi connectivity index (χ1v) is 11.2. The van der Waals surface area contributed by atoms with Crippen molar-refractivity contribution in [2.45, 2.75) is 31.9 Å². The molecule has 12 heteroatoms. The van der Waals surface area contributed by atoms with E-state index in [2.05, 4.69) is 15.0 Å². The summed E-state index contributed by atoms with van der Waals surface area (Å²) in [6, 6.07) is 4.88. The molecule has 1 amide bonds. The van der Waals surface area contributed by atoms with E-state index >= 15 is 0 Å². The zero-order chi connectivity index (χ0) is 21.5. The molecular weight excluding hydrogens is 432 g/mol. The normalized spacial score (nSPS) is 18.8. The number of carbonyl (C=O) groups excluding carboxylic acids is 1. The fourth-order valence-corrected chi connectivity index (χ4v) is 5.47. The van der Waals surface area contributed by atoms with E-state index in [9.17, 15) is 18.3 Å². The Labute approximate surface area is 178 Å². The molecule has 0 bridgehead atoms. The first kappa shape index (κ1) is 20.6. The second-order valence-corrected chi connectivity index (χ2v) is 9.19. The van der Waals surface area contributed by atoms with Crippen LogP contribution in [0.5, 0.6) is 0 Å². The number of aromatic nitrogens is 2. The van der Waals surface area contributed by atoms with Crippen molar-refractivity contribution >= 4 is 39.1 Å². The fraction of sp³-hybridized carbons (Fsp3) is 0.389. The van der Waals surface area contributed by atoms with Gasteiger partial charge in [0.25, 0.3) is 5.91 Å². The molecule has 2 aromatic heterocycles. The number of pyridine rings is 1. The van der Waals surface area contributed by atoms with Crippen LogP contribution in [-0.4, -0.2) is 52.5 Å². The summed E-state index contributed by atoms with van der Waals surface area (Å²) in [4.78, 5) is 16.8. The number of aliphatic hydroxyl groups excluding tert-OH is 1. The van der Waals surface area contributed by atoms with Gasteiger partial charge in [-0.05, 0) is 31.4 Å². The van der Waals surface area contributed by atoms with Gasteiger partial charge >= 0.3 is 10.2 Å². The van der Waals surface area contributed by atoms with Gasteiger partial charge in [-0.15, -0.1) is 0 Å². The number of hydrogen-bond acceptors (Lipinski definition) is 6. The molecule has 0 spiro atoms. The van der Waals surface area contributed by atoms with Crippen LogP contribution in [-0.2, 0) is 23.2 Å². The first-order chi connectivity index (χ1) is 14.3. The summed E-state index contributed by atoms with van der Waals surface area (Å²) in [6.07, 6.45) is 2.39. The van der Waals surface area contributed by atoms with Crippen LogP contribution in [0.4, 0.5) is 11.4 Å². The van der Waals surface area contributed by atoms with E-state index in [0.29, 0.717) is 30.8 Å². The second-order valence-electron chi connectivity index (χ2n) is 7.14. The summed E-state index contributed by atoms with van der Waals surface area (Å²) in [7, 11) is -3.92. The fourth-order valence-electron chi connectivity index (χ4n) is 3.75. The van der Waals surface area contributed by atoms with Crippen molar-refractivity contribution in [2.24, 2.45) is 0 Å². The van der Waals surface area contributed by atoms with E-state index in [-0.39, 0.29) is 35.2 Å². The van der Waals surface area contributed by atoms with E-state index in [1.54, 1.807) is 10.6 Å². The second kappa shape index (κ2) is 7.88. The average Bonchev–Trinajstić information content (AvgIpc) is 3.40. The predicted octanol–water partition coefficient (Wildman–Crippen LogP) is 1.33. The van der Waals surface area contributed by atoms with Gasteiger partial charge in [-0.2, -0.15) is 18.0 Å². The van der Waals surface area contributed by atoms with Crippen molar-refractivity contribution < 1.29 is 18.3 Å². The van der Waals surface area contributed by atoms with Crippen molar-refractivity contribution in [1.82, 2.24) is 13.9 Å². The van der Waals surface area contributed by atoms with Gasteiger partial charge in [-0.3, -0.25) is 9.52 Å². The molecule has 2 aromatic rings. The number of nitrogens with one attached hydrogen (secondary N) is 2. The van der Waals surface area contributed by atoms with E-state index in [0.717, 1.165) is 10.7 Å². The third-order valence-electron chi connectivity index (χ3n) is 5.15. The number of aliphatic hydroxyl groups is 1. The van der Waals surface area contributed by atoms with Crippen LogP contribution in [0.3, 0.4) is 0 Å². The number of nitriles is 1. The molecule has 4 heterocycles. The van der Waals surface area contributed by atoms with Gasteiger partial charge in [0.2, 0.25) is 0 Å². The molecule has 3 N–H and O–H groups in total. The van der Waals surface area contributed by atoms with E-state index in [1.165, 1.54) is 12.3 Å². The van der Waals surface area contributed by atoms with E-state index in [4.69, 9.17) is 16.9 Å². The SMILES string of the molecule is N#Cc1cc(NC(=O)c2c(Cl)c(NS(=O)(=O)N3CCC(O)C3)c3n2CCC3)ccn1. The van der Waals surface area contributed by atoms with Crippen LogP contribution in [0.25, 0.3) is 0 Å². The van der Waals surface area contributed by atoms with Gasteiger partial charge in [0, 0.05) is 37.2 Å². The highest BCUT2D eigenvalue weighted by molar-refractivity contribution is 7.90. The molecule has 0 saturated carbocycles. The third-order valence-corrected chi connectivity index (χ3v) is 6.99. The largest absolute Gasteiger partial charge is 0.392 e. The summed E-state index contributed by atoms with van der Waals surface area (Å²) in [5.74, 6) is -0.514. The Balaban J connectivity index is 1.64. The molecule has 1 unspecified atom stereocenters. The molecule has 0 aliphatic carbocycles. The number of fused-ring (bicyclic) bond motifs is 1. The monoisotopic (exact) mass is 450 g/mol. The van der Waals surface area contributed by atoms with E-state index in [1.807, 2.05) is 6.07 Å². The summed E-state index contributed by atoms with van der Waals surface area (Å²) >= 11 is 6.47. The number of hydrogen-bond donors (Lipinski definition) is 3. The Morgan fingerprint density at radius 2 is 2.20 bits per heavy atom. The molecule has 2 aliphatic heterocycles. The molecule has 2 aliphatic rings. The summed E-state index contributed by atoms with van der Waals surface area (Å²) in [5, 5.41) is 21.3. The lowest BCUT2D eigenvalue weighted by Gasteiger charge is -2.17. The lowest BCUT2D eigenvalue weighted by atomic mass is 10.2. The molecule has 0 radical (unpaired) electrons. The minimum atomic E-state index is -3.92. The first-order valence-electron chi connectivity index (χ1n) is 9.34.